The van der Waals surface area contributed by atoms with Gasteiger partial charge in [0.05, 0.1) is 0 Å². The van der Waals surface area contributed by atoms with Crippen molar-refractivity contribution in [2.45, 2.75) is 284 Å². The third-order valence-corrected chi connectivity index (χ3v) is 11.3. The lowest BCUT2D eigenvalue weighted by molar-refractivity contribution is -0.167. The maximum absolute atomic E-state index is 12.7. The third-order valence-electron chi connectivity index (χ3n) is 11.3. The van der Waals surface area contributed by atoms with Gasteiger partial charge in [0.1, 0.15) is 13.2 Å². The Hall–Kier alpha value is -1.85. The van der Waals surface area contributed by atoms with Gasteiger partial charge in [-0.3, -0.25) is 14.4 Å². The molecule has 6 heteroatoms. The van der Waals surface area contributed by atoms with E-state index in [2.05, 4.69) is 32.9 Å². The van der Waals surface area contributed by atoms with Crippen LogP contribution in [0.1, 0.15) is 278 Å². The fourth-order valence-electron chi connectivity index (χ4n) is 7.44. The molecule has 0 saturated heterocycles. The van der Waals surface area contributed by atoms with Crippen molar-refractivity contribution in [3.05, 3.63) is 12.2 Å². The summed E-state index contributed by atoms with van der Waals surface area (Å²) in [5.74, 6) is -0.864. The summed E-state index contributed by atoms with van der Waals surface area (Å²) < 4.78 is 16.7. The lowest BCUT2D eigenvalue weighted by Crippen LogP contribution is -2.30. The second-order valence-corrected chi connectivity index (χ2v) is 17.1. The summed E-state index contributed by atoms with van der Waals surface area (Å²) in [6.45, 7) is 6.62. The Labute approximate surface area is 354 Å². The highest BCUT2D eigenvalue weighted by Gasteiger charge is 2.19. The third kappa shape index (κ3) is 45.1. The van der Waals surface area contributed by atoms with Crippen molar-refractivity contribution in [3.63, 3.8) is 0 Å². The Morgan fingerprint density at radius 2 is 0.579 bits per heavy atom. The Bertz CT molecular complexity index is 885. The minimum absolute atomic E-state index is 0.0673. The van der Waals surface area contributed by atoms with Gasteiger partial charge in [0.15, 0.2) is 6.10 Å². The summed E-state index contributed by atoms with van der Waals surface area (Å²) in [5, 5.41) is 0. The van der Waals surface area contributed by atoms with E-state index in [0.717, 1.165) is 57.8 Å². The van der Waals surface area contributed by atoms with Crippen LogP contribution in [0.5, 0.6) is 0 Å². The zero-order valence-corrected chi connectivity index (χ0v) is 38.4. The molecule has 1 atom stereocenters. The number of rotatable bonds is 46. The van der Waals surface area contributed by atoms with Gasteiger partial charge in [-0.05, 0) is 44.9 Å². The number of allylic oxidation sites excluding steroid dienone is 2. The smallest absolute Gasteiger partial charge is 0.306 e. The van der Waals surface area contributed by atoms with Crippen LogP contribution in [0.3, 0.4) is 0 Å². The second kappa shape index (κ2) is 46.8. The fraction of sp³-hybridized carbons (Fsp3) is 0.902. The van der Waals surface area contributed by atoms with Crippen LogP contribution >= 0.6 is 0 Å². The highest BCUT2D eigenvalue weighted by molar-refractivity contribution is 5.71. The molecule has 0 fully saturated rings. The molecule has 0 aromatic carbocycles. The lowest BCUT2D eigenvalue weighted by Gasteiger charge is -2.18. The standard InChI is InChI=1S/C51H96O6/c1-4-7-10-13-16-18-20-22-24-25-27-28-30-32-35-38-41-44-50(53)56-47-48(46-55-49(52)43-40-37-34-15-12-9-6-3)57-51(54)45-42-39-36-33-31-29-26-23-21-19-17-14-11-8-5-2/h22,24,48H,4-21,23,25-47H2,1-3H3/b24-22-. The summed E-state index contributed by atoms with van der Waals surface area (Å²) in [5.41, 5.74) is 0. The SMILES string of the molecule is CCCCCCCC/C=C\CCCCCCCCCC(=O)OCC(COC(=O)CCCCCCCCC)OC(=O)CCCCCCCCCCCCCCCCC. The highest BCUT2D eigenvalue weighted by atomic mass is 16.6. The maximum Gasteiger partial charge on any atom is 0.306 e. The molecular weight excluding hydrogens is 709 g/mol. The molecule has 1 unspecified atom stereocenters. The topological polar surface area (TPSA) is 78.9 Å². The predicted octanol–water partition coefficient (Wildman–Crippen LogP) is 16.2. The second-order valence-electron chi connectivity index (χ2n) is 17.1. The molecular formula is C51H96O6. The molecule has 0 aliphatic rings. The molecule has 336 valence electrons. The van der Waals surface area contributed by atoms with Crippen LogP contribution in [-0.4, -0.2) is 37.2 Å². The van der Waals surface area contributed by atoms with Crippen molar-refractivity contribution in [1.82, 2.24) is 0 Å². The average molecular weight is 805 g/mol. The fourth-order valence-corrected chi connectivity index (χ4v) is 7.44. The van der Waals surface area contributed by atoms with Gasteiger partial charge in [0.25, 0.3) is 0 Å². The van der Waals surface area contributed by atoms with E-state index in [-0.39, 0.29) is 31.1 Å². The molecule has 0 spiro atoms. The Balaban J connectivity index is 4.23. The van der Waals surface area contributed by atoms with Crippen LogP contribution in [0.4, 0.5) is 0 Å². The first-order valence-electron chi connectivity index (χ1n) is 25.2. The predicted molar refractivity (Wildman–Crippen MR) is 243 cm³/mol. The number of carbonyl (C=O) groups excluding carboxylic acids is 3. The van der Waals surface area contributed by atoms with Gasteiger partial charge in [0, 0.05) is 19.3 Å². The summed E-state index contributed by atoms with van der Waals surface area (Å²) in [7, 11) is 0. The quantitative estimate of drug-likeness (QED) is 0.0264. The number of ether oxygens (including phenoxy) is 3. The summed E-state index contributed by atoms with van der Waals surface area (Å²) in [4.78, 5) is 37.7. The zero-order chi connectivity index (χ0) is 41.5. The number of carbonyl (C=O) groups is 3. The van der Waals surface area contributed by atoms with Crippen molar-refractivity contribution in [2.75, 3.05) is 13.2 Å². The van der Waals surface area contributed by atoms with Gasteiger partial charge in [-0.2, -0.15) is 0 Å². The number of unbranched alkanes of at least 4 members (excludes halogenated alkanes) is 33. The molecule has 0 amide bonds. The molecule has 0 aliphatic heterocycles. The average Bonchev–Trinajstić information content (AvgIpc) is 3.21. The molecule has 57 heavy (non-hydrogen) atoms. The van der Waals surface area contributed by atoms with Gasteiger partial charge in [-0.25, -0.2) is 0 Å². The van der Waals surface area contributed by atoms with Crippen LogP contribution in [0.25, 0.3) is 0 Å². The molecule has 0 saturated carbocycles. The van der Waals surface area contributed by atoms with E-state index in [0.29, 0.717) is 19.3 Å². The monoisotopic (exact) mass is 805 g/mol. The maximum atomic E-state index is 12.7. The Morgan fingerprint density at radius 1 is 0.333 bits per heavy atom. The first kappa shape index (κ1) is 55.2. The van der Waals surface area contributed by atoms with Crippen molar-refractivity contribution < 1.29 is 28.6 Å². The molecule has 0 N–H and O–H groups in total. The van der Waals surface area contributed by atoms with Crippen LogP contribution in [0.2, 0.25) is 0 Å². The lowest BCUT2D eigenvalue weighted by atomic mass is 10.0. The van der Waals surface area contributed by atoms with Gasteiger partial charge in [-0.1, -0.05) is 226 Å². The summed E-state index contributed by atoms with van der Waals surface area (Å²) in [6.07, 6.45) is 50.6. The highest BCUT2D eigenvalue weighted by Crippen LogP contribution is 2.16. The Morgan fingerprint density at radius 3 is 0.877 bits per heavy atom. The van der Waals surface area contributed by atoms with Gasteiger partial charge >= 0.3 is 17.9 Å². The minimum Gasteiger partial charge on any atom is -0.462 e. The molecule has 0 radical (unpaired) electrons. The molecule has 0 aromatic rings. The molecule has 0 aliphatic carbocycles. The summed E-state index contributed by atoms with van der Waals surface area (Å²) >= 11 is 0. The minimum atomic E-state index is -0.763. The zero-order valence-electron chi connectivity index (χ0n) is 38.4. The van der Waals surface area contributed by atoms with Gasteiger partial charge in [-0.15, -0.1) is 0 Å². The van der Waals surface area contributed by atoms with Crippen molar-refractivity contribution >= 4 is 17.9 Å². The van der Waals surface area contributed by atoms with E-state index in [4.69, 9.17) is 14.2 Å². The largest absolute Gasteiger partial charge is 0.462 e. The van der Waals surface area contributed by atoms with E-state index >= 15 is 0 Å². The molecule has 0 aromatic heterocycles. The first-order valence-corrected chi connectivity index (χ1v) is 25.2. The van der Waals surface area contributed by atoms with Crippen LogP contribution in [0, 0.1) is 0 Å². The van der Waals surface area contributed by atoms with E-state index in [9.17, 15) is 14.4 Å². The number of hydrogen-bond acceptors (Lipinski definition) is 6. The van der Waals surface area contributed by atoms with Crippen LogP contribution in [-0.2, 0) is 28.6 Å². The van der Waals surface area contributed by atoms with Crippen LogP contribution in [0.15, 0.2) is 12.2 Å². The first-order chi connectivity index (χ1) is 28.0. The van der Waals surface area contributed by atoms with Gasteiger partial charge in [0.2, 0.25) is 0 Å². The van der Waals surface area contributed by atoms with Crippen molar-refractivity contribution in [2.24, 2.45) is 0 Å². The van der Waals surface area contributed by atoms with Crippen molar-refractivity contribution in [1.29, 1.82) is 0 Å². The van der Waals surface area contributed by atoms with E-state index < -0.39 is 6.10 Å². The molecule has 0 heterocycles. The Kier molecular flexibility index (Phi) is 45.3. The van der Waals surface area contributed by atoms with Crippen LogP contribution < -0.4 is 0 Å². The van der Waals surface area contributed by atoms with Gasteiger partial charge < -0.3 is 14.2 Å². The van der Waals surface area contributed by atoms with E-state index in [1.54, 1.807) is 0 Å². The number of hydrogen-bond donors (Lipinski definition) is 0. The van der Waals surface area contributed by atoms with E-state index in [1.165, 1.54) is 180 Å². The van der Waals surface area contributed by atoms with E-state index in [1.807, 2.05) is 0 Å². The molecule has 6 nitrogen and oxygen atoms in total. The summed E-state index contributed by atoms with van der Waals surface area (Å²) in [6, 6.07) is 0. The molecule has 0 rings (SSSR count). The van der Waals surface area contributed by atoms with Crippen molar-refractivity contribution in [3.8, 4) is 0 Å². The molecule has 0 bridgehead atoms. The normalized spacial score (nSPS) is 12.0. The number of esters is 3.